The summed E-state index contributed by atoms with van der Waals surface area (Å²) in [5.41, 5.74) is 0. The third-order valence-electron chi connectivity index (χ3n) is 3.50. The lowest BCUT2D eigenvalue weighted by atomic mass is 9.83. The first-order chi connectivity index (χ1) is 8.09. The zero-order valence-electron chi connectivity index (χ0n) is 10.6. The molecule has 1 aliphatic rings. The van der Waals surface area contributed by atoms with E-state index in [-0.39, 0.29) is 24.8 Å². The standard InChI is InChI=1S/C13H23NO3/c1-10(9-11-5-3-2-4-6-11)13(17)14-8-7-12(15)16/h10-11H,2-9H2,1H3,(H,14,17)(H,15,16). The van der Waals surface area contributed by atoms with Crippen LogP contribution in [0.15, 0.2) is 0 Å². The second kappa shape index (κ2) is 7.30. The molecule has 0 aromatic rings. The first kappa shape index (κ1) is 14.0. The van der Waals surface area contributed by atoms with Crippen LogP contribution >= 0.6 is 0 Å². The van der Waals surface area contributed by atoms with Crippen molar-refractivity contribution in [3.8, 4) is 0 Å². The zero-order valence-corrected chi connectivity index (χ0v) is 10.6. The highest BCUT2D eigenvalue weighted by Gasteiger charge is 2.20. The summed E-state index contributed by atoms with van der Waals surface area (Å²) in [6.07, 6.45) is 7.34. The van der Waals surface area contributed by atoms with Gasteiger partial charge in [-0.15, -0.1) is 0 Å². The largest absolute Gasteiger partial charge is 0.481 e. The van der Waals surface area contributed by atoms with Gasteiger partial charge in [0.2, 0.25) is 5.91 Å². The minimum Gasteiger partial charge on any atom is -0.481 e. The Morgan fingerprint density at radius 1 is 1.29 bits per heavy atom. The average molecular weight is 241 g/mol. The van der Waals surface area contributed by atoms with Crippen molar-refractivity contribution in [3.05, 3.63) is 0 Å². The molecule has 4 nitrogen and oxygen atoms in total. The van der Waals surface area contributed by atoms with Crippen LogP contribution in [0.4, 0.5) is 0 Å². The number of carboxylic acids is 1. The molecule has 4 heteroatoms. The second-order valence-corrected chi connectivity index (χ2v) is 5.08. The van der Waals surface area contributed by atoms with Gasteiger partial charge < -0.3 is 10.4 Å². The smallest absolute Gasteiger partial charge is 0.305 e. The number of carbonyl (C=O) groups is 2. The third kappa shape index (κ3) is 5.71. The van der Waals surface area contributed by atoms with Crippen LogP contribution < -0.4 is 5.32 Å². The van der Waals surface area contributed by atoms with E-state index >= 15 is 0 Å². The molecule has 1 saturated carbocycles. The molecule has 17 heavy (non-hydrogen) atoms. The van der Waals surface area contributed by atoms with Crippen LogP contribution in [-0.4, -0.2) is 23.5 Å². The van der Waals surface area contributed by atoms with Gasteiger partial charge in [0.05, 0.1) is 6.42 Å². The van der Waals surface area contributed by atoms with Crippen molar-refractivity contribution in [1.29, 1.82) is 0 Å². The normalized spacial score (nSPS) is 18.6. The number of nitrogens with one attached hydrogen (secondary N) is 1. The van der Waals surface area contributed by atoms with E-state index in [2.05, 4.69) is 5.32 Å². The minimum absolute atomic E-state index is 0.00187. The third-order valence-corrected chi connectivity index (χ3v) is 3.50. The Balaban J connectivity index is 2.18. The van der Waals surface area contributed by atoms with E-state index in [1.807, 2.05) is 6.92 Å². The molecule has 1 amide bonds. The van der Waals surface area contributed by atoms with Crippen LogP contribution in [0.5, 0.6) is 0 Å². The van der Waals surface area contributed by atoms with Crippen molar-refractivity contribution in [3.63, 3.8) is 0 Å². The maximum absolute atomic E-state index is 11.7. The summed E-state index contributed by atoms with van der Waals surface area (Å²) in [6, 6.07) is 0. The van der Waals surface area contributed by atoms with Gasteiger partial charge in [-0.05, 0) is 12.3 Å². The molecule has 1 fully saturated rings. The van der Waals surface area contributed by atoms with Crippen LogP contribution in [0.3, 0.4) is 0 Å². The van der Waals surface area contributed by atoms with Gasteiger partial charge in [-0.2, -0.15) is 0 Å². The summed E-state index contributed by atoms with van der Waals surface area (Å²) < 4.78 is 0. The summed E-state index contributed by atoms with van der Waals surface area (Å²) in [7, 11) is 0. The molecule has 0 bridgehead atoms. The van der Waals surface area contributed by atoms with Crippen molar-refractivity contribution in [1.82, 2.24) is 5.32 Å². The Kier molecular flexibility index (Phi) is 6.01. The van der Waals surface area contributed by atoms with Gasteiger partial charge in [0.1, 0.15) is 0 Å². The fraction of sp³-hybridized carbons (Fsp3) is 0.846. The first-order valence-corrected chi connectivity index (χ1v) is 6.59. The Labute approximate surface area is 103 Å². The molecule has 0 aliphatic heterocycles. The van der Waals surface area contributed by atoms with E-state index in [9.17, 15) is 9.59 Å². The van der Waals surface area contributed by atoms with Gasteiger partial charge in [0, 0.05) is 12.5 Å². The van der Waals surface area contributed by atoms with Crippen LogP contribution in [0.25, 0.3) is 0 Å². The SMILES string of the molecule is CC(CC1CCCCC1)C(=O)NCCC(=O)O. The molecule has 0 radical (unpaired) electrons. The van der Waals surface area contributed by atoms with Crippen molar-refractivity contribution in [2.45, 2.75) is 51.9 Å². The predicted molar refractivity (Wildman–Crippen MR) is 65.6 cm³/mol. The number of hydrogen-bond acceptors (Lipinski definition) is 2. The lowest BCUT2D eigenvalue weighted by molar-refractivity contribution is -0.137. The van der Waals surface area contributed by atoms with E-state index in [4.69, 9.17) is 5.11 Å². The molecule has 0 saturated heterocycles. The highest BCUT2D eigenvalue weighted by atomic mass is 16.4. The highest BCUT2D eigenvalue weighted by molar-refractivity contribution is 5.78. The van der Waals surface area contributed by atoms with Gasteiger partial charge in [0.25, 0.3) is 0 Å². The van der Waals surface area contributed by atoms with Gasteiger partial charge in [-0.3, -0.25) is 9.59 Å². The Bertz CT molecular complexity index is 259. The fourth-order valence-corrected chi connectivity index (χ4v) is 2.50. The number of hydrogen-bond donors (Lipinski definition) is 2. The van der Waals surface area contributed by atoms with Gasteiger partial charge in [-0.25, -0.2) is 0 Å². The number of aliphatic carboxylic acids is 1. The Morgan fingerprint density at radius 3 is 2.53 bits per heavy atom. The fourth-order valence-electron chi connectivity index (χ4n) is 2.50. The van der Waals surface area contributed by atoms with Gasteiger partial charge in [-0.1, -0.05) is 39.0 Å². The Morgan fingerprint density at radius 2 is 1.94 bits per heavy atom. The average Bonchev–Trinajstić information content (AvgIpc) is 2.29. The summed E-state index contributed by atoms with van der Waals surface area (Å²) in [4.78, 5) is 22.0. The van der Waals surface area contributed by atoms with E-state index < -0.39 is 5.97 Å². The molecule has 0 spiro atoms. The summed E-state index contributed by atoms with van der Waals surface area (Å²) in [5.74, 6) is -0.182. The molecule has 0 aromatic heterocycles. The van der Waals surface area contributed by atoms with Gasteiger partial charge >= 0.3 is 5.97 Å². The molecular weight excluding hydrogens is 218 g/mol. The van der Waals surface area contributed by atoms with E-state index in [0.29, 0.717) is 5.92 Å². The van der Waals surface area contributed by atoms with Crippen molar-refractivity contribution in [2.24, 2.45) is 11.8 Å². The summed E-state index contributed by atoms with van der Waals surface area (Å²) in [6.45, 7) is 2.17. The molecule has 1 atom stereocenters. The molecule has 0 heterocycles. The topological polar surface area (TPSA) is 66.4 Å². The number of carboxylic acid groups (broad SMARTS) is 1. The molecular formula is C13H23NO3. The lowest BCUT2D eigenvalue weighted by Gasteiger charge is -2.24. The van der Waals surface area contributed by atoms with Crippen molar-refractivity contribution in [2.75, 3.05) is 6.54 Å². The number of rotatable bonds is 6. The maximum atomic E-state index is 11.7. The molecule has 1 unspecified atom stereocenters. The molecule has 2 N–H and O–H groups in total. The molecule has 0 aromatic carbocycles. The minimum atomic E-state index is -0.870. The highest BCUT2D eigenvalue weighted by Crippen LogP contribution is 2.28. The van der Waals surface area contributed by atoms with Crippen LogP contribution in [0, 0.1) is 11.8 Å². The number of amides is 1. The van der Waals surface area contributed by atoms with Crippen molar-refractivity contribution >= 4 is 11.9 Å². The van der Waals surface area contributed by atoms with Crippen LogP contribution in [-0.2, 0) is 9.59 Å². The predicted octanol–water partition coefficient (Wildman–Crippen LogP) is 2.18. The monoisotopic (exact) mass is 241 g/mol. The van der Waals surface area contributed by atoms with Crippen LogP contribution in [0.1, 0.15) is 51.9 Å². The zero-order chi connectivity index (χ0) is 12.7. The molecule has 98 valence electrons. The maximum Gasteiger partial charge on any atom is 0.305 e. The summed E-state index contributed by atoms with van der Waals surface area (Å²) in [5, 5.41) is 11.2. The second-order valence-electron chi connectivity index (χ2n) is 5.08. The summed E-state index contributed by atoms with van der Waals surface area (Å²) >= 11 is 0. The van der Waals surface area contributed by atoms with E-state index in [1.165, 1.54) is 32.1 Å². The number of carbonyl (C=O) groups excluding carboxylic acids is 1. The van der Waals surface area contributed by atoms with Crippen LogP contribution in [0.2, 0.25) is 0 Å². The van der Waals surface area contributed by atoms with E-state index in [1.54, 1.807) is 0 Å². The molecule has 1 aliphatic carbocycles. The van der Waals surface area contributed by atoms with Gasteiger partial charge in [0.15, 0.2) is 0 Å². The lowest BCUT2D eigenvalue weighted by Crippen LogP contribution is -2.32. The molecule has 1 rings (SSSR count). The van der Waals surface area contributed by atoms with Crippen molar-refractivity contribution < 1.29 is 14.7 Å². The quantitative estimate of drug-likeness (QED) is 0.749. The first-order valence-electron chi connectivity index (χ1n) is 6.59. The van der Waals surface area contributed by atoms with E-state index in [0.717, 1.165) is 6.42 Å². The Hall–Kier alpha value is -1.06.